The predicted octanol–water partition coefficient (Wildman–Crippen LogP) is 1.80. The van der Waals surface area contributed by atoms with Crippen LogP contribution in [0.4, 0.5) is 4.79 Å². The minimum absolute atomic E-state index is 0.0316. The lowest BCUT2D eigenvalue weighted by Gasteiger charge is -2.39. The standard InChI is InChI=1S/C29H38N6O5/c1-16(17-7-6-8-18(9-17)25(36)31-5)34-21-12-24(27(34)38)33(14-21)15-22(32-28(39)40-29(2,3)4)26(37)35-20(13-30)10-19-11-23(19)35/h6-9,16,19-24H,10-12,14-15H2,1-5H3,(H,31,36)(H,32,39)/t16-,19+,20-,21-,22-,23-,24-/m0/s1. The Morgan fingerprint density at radius 2 is 1.95 bits per heavy atom. The minimum Gasteiger partial charge on any atom is -0.444 e. The number of nitriles is 1. The summed E-state index contributed by atoms with van der Waals surface area (Å²) in [7, 11) is 1.58. The Hall–Kier alpha value is -3.65. The first-order chi connectivity index (χ1) is 18.9. The molecule has 4 amide bonds. The molecule has 3 aliphatic heterocycles. The fourth-order valence-corrected chi connectivity index (χ4v) is 6.58. The van der Waals surface area contributed by atoms with Gasteiger partial charge in [0.05, 0.1) is 18.2 Å². The van der Waals surface area contributed by atoms with E-state index in [-0.39, 0.29) is 42.4 Å². The van der Waals surface area contributed by atoms with E-state index in [4.69, 9.17) is 4.74 Å². The third kappa shape index (κ3) is 5.24. The van der Waals surface area contributed by atoms with Crippen molar-refractivity contribution in [1.29, 1.82) is 5.26 Å². The summed E-state index contributed by atoms with van der Waals surface area (Å²) in [5.74, 6) is -0.168. The van der Waals surface area contributed by atoms with Crippen molar-refractivity contribution in [3.05, 3.63) is 35.4 Å². The lowest BCUT2D eigenvalue weighted by atomic mass is 10.0. The lowest BCUT2D eigenvalue weighted by molar-refractivity contribution is -0.141. The van der Waals surface area contributed by atoms with Crippen LogP contribution in [0.1, 0.15) is 68.9 Å². The number of nitrogens with zero attached hydrogens (tertiary/aromatic N) is 4. The van der Waals surface area contributed by atoms with Gasteiger partial charge >= 0.3 is 6.09 Å². The fraction of sp³-hybridized carbons (Fsp3) is 0.621. The Labute approximate surface area is 234 Å². The first kappa shape index (κ1) is 27.9. The summed E-state index contributed by atoms with van der Waals surface area (Å²) >= 11 is 0. The number of amides is 4. The molecule has 0 spiro atoms. The molecule has 1 saturated carbocycles. The zero-order valence-corrected chi connectivity index (χ0v) is 23.7. The number of hydrogen-bond donors (Lipinski definition) is 2. The molecule has 0 aromatic heterocycles. The average Bonchev–Trinajstić information content (AvgIpc) is 3.23. The number of hydrogen-bond acceptors (Lipinski definition) is 7. The van der Waals surface area contributed by atoms with Crippen LogP contribution in [0, 0.1) is 17.2 Å². The molecule has 1 aromatic rings. The molecule has 11 nitrogen and oxygen atoms in total. The number of piperidine rings is 1. The first-order valence-electron chi connectivity index (χ1n) is 14.0. The second-order valence-corrected chi connectivity index (χ2v) is 12.4. The van der Waals surface area contributed by atoms with Crippen molar-refractivity contribution in [3.8, 4) is 6.07 Å². The van der Waals surface area contributed by atoms with Gasteiger partial charge in [0.15, 0.2) is 0 Å². The van der Waals surface area contributed by atoms with E-state index in [1.54, 1.807) is 38.8 Å². The van der Waals surface area contributed by atoms with Gasteiger partial charge in [0.2, 0.25) is 11.8 Å². The van der Waals surface area contributed by atoms with Crippen LogP contribution in [0.15, 0.2) is 24.3 Å². The topological polar surface area (TPSA) is 135 Å². The minimum atomic E-state index is -0.938. The van der Waals surface area contributed by atoms with Gasteiger partial charge in [0, 0.05) is 37.8 Å². The molecule has 0 radical (unpaired) electrons. The second kappa shape index (κ2) is 10.4. The van der Waals surface area contributed by atoms with Crippen molar-refractivity contribution in [2.24, 2.45) is 5.92 Å². The normalized spacial score (nSPS) is 28.5. The molecule has 1 aromatic carbocycles. The van der Waals surface area contributed by atoms with Crippen LogP contribution in [0.5, 0.6) is 0 Å². The SMILES string of the molecule is CNC(=O)c1cccc([C@H](C)N2C(=O)[C@@H]3C[C@H]2CN3C[C@H](NC(=O)OC(C)(C)C)C(=O)N2[C@H](C#N)C[C@@H]3C[C@@H]32)c1. The van der Waals surface area contributed by atoms with E-state index in [9.17, 15) is 24.4 Å². The third-order valence-electron chi connectivity index (χ3n) is 8.50. The van der Waals surface area contributed by atoms with Gasteiger partial charge in [-0.05, 0) is 70.6 Å². The van der Waals surface area contributed by atoms with E-state index in [1.807, 2.05) is 34.9 Å². The molecule has 40 heavy (non-hydrogen) atoms. The monoisotopic (exact) mass is 550 g/mol. The maximum absolute atomic E-state index is 13.7. The Morgan fingerprint density at radius 3 is 2.60 bits per heavy atom. The first-order valence-corrected chi connectivity index (χ1v) is 14.0. The van der Waals surface area contributed by atoms with Crippen molar-refractivity contribution < 1.29 is 23.9 Å². The van der Waals surface area contributed by atoms with Gasteiger partial charge in [0.25, 0.3) is 5.91 Å². The summed E-state index contributed by atoms with van der Waals surface area (Å²) in [6, 6.07) is 7.44. The van der Waals surface area contributed by atoms with Gasteiger partial charge in [0.1, 0.15) is 17.7 Å². The van der Waals surface area contributed by atoms with Crippen LogP contribution in [-0.4, -0.2) is 94.5 Å². The zero-order chi connectivity index (χ0) is 28.9. The highest BCUT2D eigenvalue weighted by atomic mass is 16.6. The molecule has 2 N–H and O–H groups in total. The molecule has 3 heterocycles. The fourth-order valence-electron chi connectivity index (χ4n) is 6.58. The summed E-state index contributed by atoms with van der Waals surface area (Å²) in [5, 5.41) is 15.0. The van der Waals surface area contributed by atoms with E-state index >= 15 is 0 Å². The van der Waals surface area contributed by atoms with Gasteiger partial charge in [-0.2, -0.15) is 5.26 Å². The average molecular weight is 551 g/mol. The number of carbonyl (C=O) groups is 4. The summed E-state index contributed by atoms with van der Waals surface area (Å²) in [6.07, 6.45) is 1.46. The molecule has 2 bridgehead atoms. The molecule has 214 valence electrons. The Morgan fingerprint density at radius 1 is 1.20 bits per heavy atom. The van der Waals surface area contributed by atoms with Crippen molar-refractivity contribution in [1.82, 2.24) is 25.3 Å². The van der Waals surface area contributed by atoms with E-state index in [0.717, 1.165) is 12.0 Å². The largest absolute Gasteiger partial charge is 0.444 e. The number of fused-ring (bicyclic) bond motifs is 3. The number of benzene rings is 1. The number of carbonyl (C=O) groups excluding carboxylic acids is 4. The van der Waals surface area contributed by atoms with Crippen molar-refractivity contribution in [2.75, 3.05) is 20.1 Å². The van der Waals surface area contributed by atoms with E-state index in [1.165, 1.54) is 0 Å². The molecule has 1 aliphatic carbocycles. The molecular weight excluding hydrogens is 512 g/mol. The molecular formula is C29H38N6O5. The zero-order valence-electron chi connectivity index (χ0n) is 23.7. The van der Waals surface area contributed by atoms with Crippen LogP contribution in [0.2, 0.25) is 0 Å². The molecule has 5 rings (SSSR count). The van der Waals surface area contributed by atoms with Gasteiger partial charge < -0.3 is 25.2 Å². The van der Waals surface area contributed by atoms with E-state index in [0.29, 0.717) is 30.9 Å². The maximum Gasteiger partial charge on any atom is 0.408 e. The number of rotatable bonds is 7. The smallest absolute Gasteiger partial charge is 0.408 e. The Bertz CT molecular complexity index is 1250. The number of piperazine rings is 1. The number of nitrogens with one attached hydrogen (secondary N) is 2. The van der Waals surface area contributed by atoms with Crippen molar-refractivity contribution in [3.63, 3.8) is 0 Å². The van der Waals surface area contributed by atoms with Crippen LogP contribution < -0.4 is 10.6 Å². The van der Waals surface area contributed by atoms with Crippen molar-refractivity contribution >= 4 is 23.8 Å². The highest BCUT2D eigenvalue weighted by Crippen LogP contribution is 2.48. The Balaban J connectivity index is 1.31. The highest BCUT2D eigenvalue weighted by molar-refractivity contribution is 5.94. The van der Waals surface area contributed by atoms with E-state index < -0.39 is 29.8 Å². The van der Waals surface area contributed by atoms with Gasteiger partial charge in [-0.15, -0.1) is 0 Å². The molecule has 0 unspecified atom stereocenters. The molecule has 4 aliphatic rings. The van der Waals surface area contributed by atoms with Gasteiger partial charge in [-0.3, -0.25) is 19.3 Å². The number of likely N-dealkylation sites (tertiary alicyclic amines) is 3. The molecule has 7 atom stereocenters. The summed E-state index contributed by atoms with van der Waals surface area (Å²) in [5.41, 5.74) is 0.676. The second-order valence-electron chi connectivity index (χ2n) is 12.4. The quantitative estimate of drug-likeness (QED) is 0.529. The lowest BCUT2D eigenvalue weighted by Crippen LogP contribution is -2.59. The predicted molar refractivity (Wildman–Crippen MR) is 145 cm³/mol. The van der Waals surface area contributed by atoms with Crippen LogP contribution in [-0.2, 0) is 14.3 Å². The number of ether oxygens (including phenoxy) is 1. The summed E-state index contributed by atoms with van der Waals surface area (Å²) < 4.78 is 5.44. The third-order valence-corrected chi connectivity index (χ3v) is 8.50. The Kier molecular flexibility index (Phi) is 7.25. The summed E-state index contributed by atoms with van der Waals surface area (Å²) in [4.78, 5) is 57.7. The van der Waals surface area contributed by atoms with E-state index in [2.05, 4.69) is 16.7 Å². The van der Waals surface area contributed by atoms with Gasteiger partial charge in [-0.1, -0.05) is 12.1 Å². The maximum atomic E-state index is 13.7. The van der Waals surface area contributed by atoms with Crippen LogP contribution in [0.3, 0.4) is 0 Å². The van der Waals surface area contributed by atoms with Gasteiger partial charge in [-0.25, -0.2) is 4.79 Å². The molecule has 11 heteroatoms. The number of alkyl carbamates (subject to hydrolysis) is 1. The molecule has 3 saturated heterocycles. The van der Waals surface area contributed by atoms with Crippen LogP contribution in [0.25, 0.3) is 0 Å². The molecule has 4 fully saturated rings. The highest BCUT2D eigenvalue weighted by Gasteiger charge is 2.56. The van der Waals surface area contributed by atoms with Crippen molar-refractivity contribution in [2.45, 2.75) is 88.8 Å². The van der Waals surface area contributed by atoms with Crippen LogP contribution >= 0.6 is 0 Å². The summed E-state index contributed by atoms with van der Waals surface area (Å²) in [6.45, 7) is 7.94.